The van der Waals surface area contributed by atoms with Crippen molar-refractivity contribution in [3.63, 3.8) is 0 Å². The second-order valence-electron chi connectivity index (χ2n) is 7.34. The molecule has 0 fully saturated rings. The van der Waals surface area contributed by atoms with Crippen molar-refractivity contribution in [2.75, 3.05) is 11.9 Å². The Bertz CT molecular complexity index is 1500. The van der Waals surface area contributed by atoms with E-state index >= 15 is 0 Å². The molecule has 3 aromatic heterocycles. The van der Waals surface area contributed by atoms with E-state index in [-0.39, 0.29) is 18.0 Å². The van der Waals surface area contributed by atoms with Gasteiger partial charge in [-0.3, -0.25) is 9.36 Å². The smallest absolute Gasteiger partial charge is 0.271 e. The summed E-state index contributed by atoms with van der Waals surface area (Å²) in [6, 6.07) is 7.77. The minimum Gasteiger partial charge on any atom is -1.00 e. The van der Waals surface area contributed by atoms with Gasteiger partial charge in [-0.1, -0.05) is 39.9 Å². The summed E-state index contributed by atoms with van der Waals surface area (Å²) >= 11 is 11.0. The maximum absolute atomic E-state index is 13.3. The summed E-state index contributed by atoms with van der Waals surface area (Å²) in [4.78, 5) is 16.5. The normalized spacial score (nSPS) is 15.2. The first kappa shape index (κ1) is 24.1. The van der Waals surface area contributed by atoms with Crippen LogP contribution in [0.25, 0.3) is 11.1 Å². The van der Waals surface area contributed by atoms with E-state index in [1.54, 1.807) is 23.1 Å². The zero-order chi connectivity index (χ0) is 22.4. The molecule has 0 saturated heterocycles. The molecular weight excluding hydrogens is 519 g/mol. The summed E-state index contributed by atoms with van der Waals surface area (Å²) in [6.07, 6.45) is 4.11. The Kier molecular flexibility index (Phi) is 7.07. The van der Waals surface area contributed by atoms with E-state index in [1.165, 1.54) is 11.3 Å². The highest BCUT2D eigenvalue weighted by Crippen LogP contribution is 2.46. The Labute approximate surface area is 213 Å². The number of hydrogen-bond donors (Lipinski definition) is 0. The molecule has 4 heterocycles. The maximum atomic E-state index is 13.3. The van der Waals surface area contributed by atoms with Crippen LogP contribution >= 0.6 is 46.0 Å². The first-order valence-corrected chi connectivity index (χ1v) is 12.9. The average molecular weight is 540 g/mol. The van der Waals surface area contributed by atoms with Crippen LogP contribution in [0.15, 0.2) is 50.1 Å². The van der Waals surface area contributed by atoms with Crippen molar-refractivity contribution < 1.29 is 21.5 Å². The lowest BCUT2D eigenvalue weighted by molar-refractivity contribution is -0.685. The lowest BCUT2D eigenvalue weighted by atomic mass is 10.3. The van der Waals surface area contributed by atoms with Gasteiger partial charge in [0.15, 0.2) is 12.7 Å². The van der Waals surface area contributed by atoms with Gasteiger partial charge in [0.05, 0.1) is 17.1 Å². The molecule has 0 radical (unpaired) electrons. The summed E-state index contributed by atoms with van der Waals surface area (Å²) in [6.45, 7) is 5.11. The molecule has 0 spiro atoms. The third-order valence-electron chi connectivity index (χ3n) is 5.18. The molecule has 6 nitrogen and oxygen atoms in total. The molecule has 33 heavy (non-hydrogen) atoms. The van der Waals surface area contributed by atoms with Crippen LogP contribution in [0.5, 0.6) is 0 Å². The van der Waals surface area contributed by atoms with Crippen LogP contribution in [0.1, 0.15) is 23.4 Å². The average Bonchev–Trinajstić information content (AvgIpc) is 3.52. The fraction of sp³-hybridized carbons (Fsp3) is 0.227. The molecular formula is C22H20Cl2N4O2S3. The quantitative estimate of drug-likeness (QED) is 0.352. The summed E-state index contributed by atoms with van der Waals surface area (Å²) in [7, 11) is 1.98. The number of thiazole rings is 2. The predicted octanol–water partition coefficient (Wildman–Crippen LogP) is 0.417. The molecule has 0 N–H and O–H groups in total. The van der Waals surface area contributed by atoms with Crippen LogP contribution in [0, 0.1) is 6.92 Å². The topological polar surface area (TPSA) is 55.2 Å². The van der Waals surface area contributed by atoms with Crippen LogP contribution in [-0.4, -0.2) is 16.8 Å². The standard InChI is InChI=1S/C22H20ClN4O2S3.ClH/c1-4-27-19(11-18-26(7-8-30-18)12-15-9-13(2)29-24-15)32-20(21(27)28)22-25(3)16-10-14(23)5-6-17(16)31-22;/h5-11H,4,12H2,1-3H3;1H/q+1;/p-1/b22-20+;. The van der Waals surface area contributed by atoms with E-state index < -0.39 is 0 Å². The Morgan fingerprint density at radius 3 is 2.85 bits per heavy atom. The Hall–Kier alpha value is -2.04. The van der Waals surface area contributed by atoms with Crippen molar-refractivity contribution in [2.45, 2.75) is 31.8 Å². The number of aromatic nitrogens is 3. The van der Waals surface area contributed by atoms with Gasteiger partial charge in [0, 0.05) is 29.6 Å². The molecule has 0 unspecified atom stereocenters. The van der Waals surface area contributed by atoms with E-state index in [2.05, 4.69) is 20.7 Å². The van der Waals surface area contributed by atoms with Gasteiger partial charge in [-0.15, -0.1) is 11.3 Å². The first-order chi connectivity index (χ1) is 15.4. The molecule has 0 aliphatic carbocycles. The van der Waals surface area contributed by atoms with E-state index in [0.29, 0.717) is 18.1 Å². The highest BCUT2D eigenvalue weighted by Gasteiger charge is 2.25. The number of halogens is 2. The molecule has 4 aromatic rings. The number of nitrogens with zero attached hydrogens (tertiary/aromatic N) is 4. The van der Waals surface area contributed by atoms with E-state index in [9.17, 15) is 4.79 Å². The number of fused-ring (bicyclic) bond motifs is 1. The molecule has 0 saturated carbocycles. The third-order valence-corrected chi connectivity index (χ3v) is 8.76. The number of rotatable bonds is 4. The van der Waals surface area contributed by atoms with Gasteiger partial charge in [0.1, 0.15) is 25.7 Å². The maximum Gasteiger partial charge on any atom is 0.271 e. The second-order valence-corrected chi connectivity index (χ2v) is 10.8. The van der Waals surface area contributed by atoms with Crippen molar-refractivity contribution in [3.05, 3.63) is 76.9 Å². The lowest BCUT2D eigenvalue weighted by Gasteiger charge is -2.12. The highest BCUT2D eigenvalue weighted by molar-refractivity contribution is 8.08. The fourth-order valence-electron chi connectivity index (χ4n) is 3.62. The van der Waals surface area contributed by atoms with Gasteiger partial charge in [-0.2, -0.15) is 4.57 Å². The van der Waals surface area contributed by atoms with Gasteiger partial charge in [-0.25, -0.2) is 0 Å². The van der Waals surface area contributed by atoms with Crippen LogP contribution in [0.2, 0.25) is 5.02 Å². The Balaban J connectivity index is 0.00000259. The largest absolute Gasteiger partial charge is 1.00 e. The second kappa shape index (κ2) is 9.68. The molecule has 0 amide bonds. The van der Waals surface area contributed by atoms with Crippen LogP contribution < -0.4 is 36.6 Å². The van der Waals surface area contributed by atoms with Crippen LogP contribution in [0.3, 0.4) is 0 Å². The summed E-state index contributed by atoms with van der Waals surface area (Å²) in [5.41, 5.74) is 1.93. The molecule has 1 aliphatic heterocycles. The van der Waals surface area contributed by atoms with Crippen molar-refractivity contribution in [2.24, 2.45) is 0 Å². The summed E-state index contributed by atoms with van der Waals surface area (Å²) < 4.78 is 10.8. The number of hydrogen-bond acceptors (Lipinski definition) is 7. The predicted molar refractivity (Wildman–Crippen MR) is 131 cm³/mol. The zero-order valence-corrected chi connectivity index (χ0v) is 22.0. The van der Waals surface area contributed by atoms with Crippen molar-refractivity contribution in [1.82, 2.24) is 9.72 Å². The molecule has 1 aromatic carbocycles. The minimum atomic E-state index is 0. The van der Waals surface area contributed by atoms with E-state index in [1.807, 2.05) is 61.3 Å². The number of benzene rings is 1. The zero-order valence-electron chi connectivity index (χ0n) is 18.0. The molecule has 1 aliphatic rings. The van der Waals surface area contributed by atoms with Crippen LogP contribution in [-0.2, 0) is 13.1 Å². The summed E-state index contributed by atoms with van der Waals surface area (Å²) in [5.74, 6) is 0.793. The van der Waals surface area contributed by atoms with Crippen molar-refractivity contribution >= 4 is 62.8 Å². The van der Waals surface area contributed by atoms with Gasteiger partial charge in [0.25, 0.3) is 10.6 Å². The van der Waals surface area contributed by atoms with Gasteiger partial charge in [0.2, 0.25) is 0 Å². The summed E-state index contributed by atoms with van der Waals surface area (Å²) in [5, 5.41) is 8.82. The number of thioether (sulfide) groups is 1. The highest BCUT2D eigenvalue weighted by atomic mass is 35.5. The van der Waals surface area contributed by atoms with Crippen LogP contribution in [0.4, 0.5) is 5.69 Å². The monoisotopic (exact) mass is 538 g/mol. The Morgan fingerprint density at radius 2 is 2.12 bits per heavy atom. The van der Waals surface area contributed by atoms with Gasteiger partial charge < -0.3 is 21.8 Å². The lowest BCUT2D eigenvalue weighted by Crippen LogP contribution is -3.00. The fourth-order valence-corrected chi connectivity index (χ4v) is 7.08. The third kappa shape index (κ3) is 4.52. The first-order valence-electron chi connectivity index (χ1n) is 10.0. The SMILES string of the molecule is CCn1c(=O)/c(=C2\Sc3ccc(Cl)cc3N2C)s/c1=C\c1scc[n+]1Cc1cc(C)on1.[Cl-]. The van der Waals surface area contributed by atoms with E-state index in [4.69, 9.17) is 16.1 Å². The van der Waals surface area contributed by atoms with Crippen molar-refractivity contribution in [3.8, 4) is 0 Å². The number of anilines is 1. The number of aryl methyl sites for hydroxylation is 1. The molecule has 11 heteroatoms. The van der Waals surface area contributed by atoms with Crippen molar-refractivity contribution in [1.29, 1.82) is 0 Å². The molecule has 5 rings (SSSR count). The van der Waals surface area contributed by atoms with Gasteiger partial charge >= 0.3 is 0 Å². The molecule has 172 valence electrons. The molecule has 0 bridgehead atoms. The minimum absolute atomic E-state index is 0. The molecule has 0 atom stereocenters. The van der Waals surface area contributed by atoms with Gasteiger partial charge in [-0.05, 0) is 32.0 Å². The Morgan fingerprint density at radius 1 is 1.30 bits per heavy atom. The van der Waals surface area contributed by atoms with E-state index in [0.717, 1.165) is 41.3 Å².